The minimum atomic E-state index is -0.0791. The lowest BCUT2D eigenvalue weighted by atomic mass is 10.0. The third kappa shape index (κ3) is 3.54. The molecule has 96 valence electrons. The Balaban J connectivity index is 1.79. The van der Waals surface area contributed by atoms with E-state index < -0.39 is 0 Å². The second-order valence-corrected chi connectivity index (χ2v) is 4.81. The molecule has 0 spiro atoms. The van der Waals surface area contributed by atoms with Gasteiger partial charge in [-0.2, -0.15) is 0 Å². The molecule has 1 saturated heterocycles. The van der Waals surface area contributed by atoms with Crippen LogP contribution in [0, 0.1) is 0 Å². The molecule has 4 nitrogen and oxygen atoms in total. The first kappa shape index (κ1) is 12.6. The van der Waals surface area contributed by atoms with Crippen LogP contribution in [0.2, 0.25) is 0 Å². The van der Waals surface area contributed by atoms with Gasteiger partial charge in [-0.1, -0.05) is 12.2 Å². The van der Waals surface area contributed by atoms with Crippen molar-refractivity contribution in [2.45, 2.75) is 38.3 Å². The fourth-order valence-corrected chi connectivity index (χ4v) is 2.43. The Labute approximate surface area is 103 Å². The average Bonchev–Trinajstić information content (AvgIpc) is 2.40. The van der Waals surface area contributed by atoms with Crippen LogP contribution >= 0.6 is 0 Å². The van der Waals surface area contributed by atoms with Crippen LogP contribution in [0.15, 0.2) is 12.2 Å². The van der Waals surface area contributed by atoms with E-state index in [1.54, 1.807) is 0 Å². The van der Waals surface area contributed by atoms with Crippen molar-refractivity contribution < 1.29 is 9.53 Å². The molecule has 0 aromatic carbocycles. The first-order chi connectivity index (χ1) is 8.27. The summed E-state index contributed by atoms with van der Waals surface area (Å²) in [4.78, 5) is 14.1. The van der Waals surface area contributed by atoms with E-state index in [0.29, 0.717) is 19.3 Å². The normalized spacial score (nSPS) is 26.9. The first-order valence-corrected chi connectivity index (χ1v) is 6.55. The molecule has 0 saturated carbocycles. The molecule has 1 aliphatic carbocycles. The molecule has 17 heavy (non-hydrogen) atoms. The largest absolute Gasteiger partial charge is 0.378 e. The number of rotatable bonds is 3. The molecular weight excluding hydrogens is 216 g/mol. The standard InChI is InChI=1S/C13H22N2O2/c1-11(14-12-5-3-2-4-6-12)13(16)15-7-9-17-10-8-15/h2-3,11-12,14H,4-10H2,1H3. The van der Waals surface area contributed by atoms with Gasteiger partial charge in [-0.15, -0.1) is 0 Å². The van der Waals surface area contributed by atoms with Crippen molar-refractivity contribution >= 4 is 5.91 Å². The van der Waals surface area contributed by atoms with Crippen LogP contribution < -0.4 is 5.32 Å². The summed E-state index contributed by atoms with van der Waals surface area (Å²) in [6, 6.07) is 0.379. The fraction of sp³-hybridized carbons (Fsp3) is 0.769. The Morgan fingerprint density at radius 3 is 2.82 bits per heavy atom. The van der Waals surface area contributed by atoms with Crippen LogP contribution in [0.5, 0.6) is 0 Å². The highest BCUT2D eigenvalue weighted by atomic mass is 16.5. The van der Waals surface area contributed by atoms with Crippen LogP contribution in [-0.2, 0) is 9.53 Å². The Morgan fingerprint density at radius 1 is 1.41 bits per heavy atom. The molecule has 0 aromatic rings. The predicted molar refractivity (Wildman–Crippen MR) is 66.8 cm³/mol. The topological polar surface area (TPSA) is 41.6 Å². The van der Waals surface area contributed by atoms with Crippen LogP contribution in [0.4, 0.5) is 0 Å². The van der Waals surface area contributed by atoms with Gasteiger partial charge in [0, 0.05) is 19.1 Å². The number of carbonyl (C=O) groups is 1. The lowest BCUT2D eigenvalue weighted by Crippen LogP contribution is -2.51. The van der Waals surface area contributed by atoms with Gasteiger partial charge in [0.1, 0.15) is 0 Å². The summed E-state index contributed by atoms with van der Waals surface area (Å²) in [5.41, 5.74) is 0. The van der Waals surface area contributed by atoms with E-state index in [4.69, 9.17) is 4.74 Å². The van der Waals surface area contributed by atoms with Gasteiger partial charge in [-0.25, -0.2) is 0 Å². The van der Waals surface area contributed by atoms with E-state index in [2.05, 4.69) is 17.5 Å². The first-order valence-electron chi connectivity index (χ1n) is 6.55. The molecule has 1 aliphatic heterocycles. The molecule has 4 heteroatoms. The van der Waals surface area contributed by atoms with Gasteiger partial charge in [0.05, 0.1) is 19.3 Å². The van der Waals surface area contributed by atoms with E-state index in [1.807, 2.05) is 11.8 Å². The molecule has 1 amide bonds. The Bertz CT molecular complexity index is 285. The summed E-state index contributed by atoms with van der Waals surface area (Å²) in [6.45, 7) is 4.77. The Kier molecular flexibility index (Phi) is 4.57. The maximum atomic E-state index is 12.2. The average molecular weight is 238 g/mol. The minimum absolute atomic E-state index is 0.0791. The number of morpholine rings is 1. The molecule has 0 aromatic heterocycles. The number of hydrogen-bond acceptors (Lipinski definition) is 3. The van der Waals surface area contributed by atoms with Crippen LogP contribution in [-0.4, -0.2) is 49.2 Å². The van der Waals surface area contributed by atoms with Crippen LogP contribution in [0.3, 0.4) is 0 Å². The second kappa shape index (κ2) is 6.17. The number of carbonyl (C=O) groups excluding carboxylic acids is 1. The lowest BCUT2D eigenvalue weighted by Gasteiger charge is -2.31. The number of amides is 1. The number of nitrogens with one attached hydrogen (secondary N) is 1. The summed E-state index contributed by atoms with van der Waals surface area (Å²) in [5.74, 6) is 0.211. The van der Waals surface area contributed by atoms with Crippen molar-refractivity contribution in [1.29, 1.82) is 0 Å². The van der Waals surface area contributed by atoms with Crippen molar-refractivity contribution in [1.82, 2.24) is 10.2 Å². The van der Waals surface area contributed by atoms with Gasteiger partial charge in [-0.3, -0.25) is 4.79 Å². The summed E-state index contributed by atoms with van der Waals surface area (Å²) in [7, 11) is 0. The van der Waals surface area contributed by atoms with Crippen LogP contribution in [0.25, 0.3) is 0 Å². The van der Waals surface area contributed by atoms with Crippen molar-refractivity contribution in [3.8, 4) is 0 Å². The van der Waals surface area contributed by atoms with E-state index in [9.17, 15) is 4.79 Å². The highest BCUT2D eigenvalue weighted by Gasteiger charge is 2.24. The van der Waals surface area contributed by atoms with Gasteiger partial charge in [0.25, 0.3) is 0 Å². The van der Waals surface area contributed by atoms with Crippen LogP contribution in [0.1, 0.15) is 26.2 Å². The third-order valence-electron chi connectivity index (χ3n) is 3.45. The summed E-state index contributed by atoms with van der Waals surface area (Å²) in [6.07, 6.45) is 7.72. The summed E-state index contributed by atoms with van der Waals surface area (Å²) in [5, 5.41) is 3.43. The van der Waals surface area contributed by atoms with E-state index in [-0.39, 0.29) is 11.9 Å². The number of allylic oxidation sites excluding steroid dienone is 1. The highest BCUT2D eigenvalue weighted by molar-refractivity contribution is 5.81. The molecule has 1 N–H and O–H groups in total. The van der Waals surface area contributed by atoms with Gasteiger partial charge in [0.15, 0.2) is 0 Å². The van der Waals surface area contributed by atoms with Gasteiger partial charge in [0.2, 0.25) is 5.91 Å². The van der Waals surface area contributed by atoms with E-state index in [0.717, 1.165) is 32.4 Å². The number of nitrogens with zero attached hydrogens (tertiary/aromatic N) is 1. The molecule has 1 fully saturated rings. The summed E-state index contributed by atoms with van der Waals surface area (Å²) < 4.78 is 5.26. The van der Waals surface area contributed by atoms with Gasteiger partial charge in [-0.05, 0) is 26.2 Å². The zero-order valence-electron chi connectivity index (χ0n) is 10.5. The Morgan fingerprint density at radius 2 is 2.18 bits per heavy atom. The van der Waals surface area contributed by atoms with Crippen molar-refractivity contribution in [3.05, 3.63) is 12.2 Å². The lowest BCUT2D eigenvalue weighted by molar-refractivity contribution is -0.137. The van der Waals surface area contributed by atoms with Gasteiger partial charge < -0.3 is 15.0 Å². The third-order valence-corrected chi connectivity index (χ3v) is 3.45. The van der Waals surface area contributed by atoms with Crippen molar-refractivity contribution in [2.24, 2.45) is 0 Å². The van der Waals surface area contributed by atoms with E-state index >= 15 is 0 Å². The molecule has 0 bridgehead atoms. The highest BCUT2D eigenvalue weighted by Crippen LogP contribution is 2.12. The molecule has 0 radical (unpaired) electrons. The zero-order valence-corrected chi connectivity index (χ0v) is 10.5. The number of ether oxygens (including phenoxy) is 1. The molecule has 2 atom stereocenters. The van der Waals surface area contributed by atoms with Crippen molar-refractivity contribution in [3.63, 3.8) is 0 Å². The second-order valence-electron chi connectivity index (χ2n) is 4.81. The van der Waals surface area contributed by atoms with Crippen molar-refractivity contribution in [2.75, 3.05) is 26.3 Å². The predicted octanol–water partition coefficient (Wildman–Crippen LogP) is 0.932. The zero-order chi connectivity index (χ0) is 12.1. The van der Waals surface area contributed by atoms with Gasteiger partial charge >= 0.3 is 0 Å². The smallest absolute Gasteiger partial charge is 0.239 e. The Hall–Kier alpha value is -0.870. The SMILES string of the molecule is CC(NC1CC=CCC1)C(=O)N1CCOCC1. The number of hydrogen-bond donors (Lipinski definition) is 1. The molecule has 1 heterocycles. The molecule has 2 rings (SSSR count). The maximum absolute atomic E-state index is 12.2. The summed E-state index contributed by atoms with van der Waals surface area (Å²) >= 11 is 0. The maximum Gasteiger partial charge on any atom is 0.239 e. The molecule has 2 unspecified atom stereocenters. The monoisotopic (exact) mass is 238 g/mol. The quantitative estimate of drug-likeness (QED) is 0.744. The van der Waals surface area contributed by atoms with E-state index in [1.165, 1.54) is 0 Å². The molecule has 2 aliphatic rings. The minimum Gasteiger partial charge on any atom is -0.378 e. The fourth-order valence-electron chi connectivity index (χ4n) is 2.43. The molecular formula is C13H22N2O2.